The minimum atomic E-state index is -3.73. The number of hydrogen-bond donors (Lipinski definition) is 1. The molecule has 1 saturated heterocycles. The van der Waals surface area contributed by atoms with E-state index in [4.69, 9.17) is 23.2 Å². The molecule has 0 bridgehead atoms. The van der Waals surface area contributed by atoms with Crippen LogP contribution in [-0.4, -0.2) is 56.3 Å². The van der Waals surface area contributed by atoms with Gasteiger partial charge in [-0.1, -0.05) is 23.2 Å². The van der Waals surface area contributed by atoms with Crippen LogP contribution in [0, 0.1) is 0 Å². The molecule has 4 rings (SSSR count). The van der Waals surface area contributed by atoms with E-state index in [1.54, 1.807) is 22.3 Å². The second-order valence-electron chi connectivity index (χ2n) is 7.31. The molecule has 29 heavy (non-hydrogen) atoms. The van der Waals surface area contributed by atoms with Crippen LogP contribution in [0.15, 0.2) is 35.2 Å². The van der Waals surface area contributed by atoms with Crippen molar-refractivity contribution in [3.63, 3.8) is 0 Å². The second-order valence-corrected chi connectivity index (χ2v) is 11.2. The summed E-state index contributed by atoms with van der Waals surface area (Å²) in [5, 5.41) is 0.120. The lowest BCUT2D eigenvalue weighted by atomic mass is 10.2. The second kappa shape index (κ2) is 8.53. The molecule has 1 N–H and O–H groups in total. The quantitative estimate of drug-likeness (QED) is 0.697. The van der Waals surface area contributed by atoms with Crippen LogP contribution < -0.4 is 4.72 Å². The third-order valence-corrected chi connectivity index (χ3v) is 8.25. The fourth-order valence-corrected chi connectivity index (χ4v) is 6.24. The van der Waals surface area contributed by atoms with Crippen molar-refractivity contribution >= 4 is 50.5 Å². The van der Waals surface area contributed by atoms with E-state index in [1.165, 1.54) is 17.0 Å². The molecule has 10 heteroatoms. The number of carbonyl (C=O) groups is 1. The van der Waals surface area contributed by atoms with E-state index >= 15 is 0 Å². The van der Waals surface area contributed by atoms with Crippen LogP contribution in [0.3, 0.4) is 0 Å². The molecule has 1 aromatic carbocycles. The van der Waals surface area contributed by atoms with Gasteiger partial charge < -0.3 is 4.90 Å². The van der Waals surface area contributed by atoms with Crippen molar-refractivity contribution in [2.45, 2.75) is 30.3 Å². The molecule has 0 spiro atoms. The van der Waals surface area contributed by atoms with Crippen molar-refractivity contribution in [2.75, 3.05) is 26.2 Å². The molecule has 1 aliphatic carbocycles. The molecule has 2 fully saturated rings. The zero-order valence-corrected chi connectivity index (χ0v) is 18.8. The highest BCUT2D eigenvalue weighted by Gasteiger charge is 2.30. The molecule has 1 aliphatic heterocycles. The minimum absolute atomic E-state index is 0.0262. The standard InChI is InChI=1S/C19H21Cl2N3O3S2/c20-16-5-1-13(11-17(16)29(26,27)22-14-2-3-14)19(25)24-9-7-23(8-10-24)12-15-4-6-18(21)28-15/h1,4-6,11,14,22H,2-3,7-10,12H2. The highest BCUT2D eigenvalue weighted by Crippen LogP contribution is 2.28. The van der Waals surface area contributed by atoms with Crippen LogP contribution in [0.5, 0.6) is 0 Å². The number of thiophene rings is 1. The first-order chi connectivity index (χ1) is 13.8. The van der Waals surface area contributed by atoms with Crippen molar-refractivity contribution in [3.8, 4) is 0 Å². The summed E-state index contributed by atoms with van der Waals surface area (Å²) in [5.41, 5.74) is 0.337. The Morgan fingerprint density at radius 2 is 1.83 bits per heavy atom. The van der Waals surface area contributed by atoms with E-state index in [-0.39, 0.29) is 21.9 Å². The van der Waals surface area contributed by atoms with Crippen LogP contribution in [0.2, 0.25) is 9.36 Å². The lowest BCUT2D eigenvalue weighted by molar-refractivity contribution is 0.0629. The molecule has 6 nitrogen and oxygen atoms in total. The zero-order chi connectivity index (χ0) is 20.6. The summed E-state index contributed by atoms with van der Waals surface area (Å²) in [7, 11) is -3.73. The van der Waals surface area contributed by atoms with Gasteiger partial charge in [-0.25, -0.2) is 13.1 Å². The van der Waals surface area contributed by atoms with Crippen molar-refractivity contribution in [1.82, 2.24) is 14.5 Å². The van der Waals surface area contributed by atoms with Gasteiger partial charge in [-0.05, 0) is 43.2 Å². The molecule has 2 aromatic rings. The number of rotatable bonds is 6. The lowest BCUT2D eigenvalue weighted by Crippen LogP contribution is -2.48. The Morgan fingerprint density at radius 3 is 2.45 bits per heavy atom. The van der Waals surface area contributed by atoms with Gasteiger partial charge in [0.15, 0.2) is 0 Å². The SMILES string of the molecule is O=C(c1ccc(Cl)c(S(=O)(=O)NC2CC2)c1)N1CCN(Cc2ccc(Cl)s2)CC1. The summed E-state index contributed by atoms with van der Waals surface area (Å²) in [4.78, 5) is 18.1. The van der Waals surface area contributed by atoms with Crippen LogP contribution >= 0.6 is 34.5 Å². The van der Waals surface area contributed by atoms with Gasteiger partial charge in [-0.3, -0.25) is 9.69 Å². The van der Waals surface area contributed by atoms with E-state index in [2.05, 4.69) is 9.62 Å². The van der Waals surface area contributed by atoms with Gasteiger partial charge in [-0.2, -0.15) is 0 Å². The van der Waals surface area contributed by atoms with E-state index in [0.29, 0.717) is 18.7 Å². The van der Waals surface area contributed by atoms with E-state index < -0.39 is 10.0 Å². The van der Waals surface area contributed by atoms with E-state index in [0.717, 1.165) is 36.8 Å². The summed E-state index contributed by atoms with van der Waals surface area (Å²) < 4.78 is 28.5. The molecule has 2 aliphatic rings. The largest absolute Gasteiger partial charge is 0.336 e. The van der Waals surface area contributed by atoms with Gasteiger partial charge >= 0.3 is 0 Å². The number of amides is 1. The average molecular weight is 474 g/mol. The molecular formula is C19H21Cl2N3O3S2. The Hall–Kier alpha value is -1.16. The highest BCUT2D eigenvalue weighted by atomic mass is 35.5. The van der Waals surface area contributed by atoms with Gasteiger partial charge in [0.1, 0.15) is 4.90 Å². The first-order valence-corrected chi connectivity index (χ1v) is 12.4. The first kappa shape index (κ1) is 21.1. The molecule has 1 saturated carbocycles. The monoisotopic (exact) mass is 473 g/mol. The van der Waals surface area contributed by atoms with E-state index in [9.17, 15) is 13.2 Å². The van der Waals surface area contributed by atoms with Gasteiger partial charge in [0.25, 0.3) is 5.91 Å². The van der Waals surface area contributed by atoms with Gasteiger partial charge in [0.05, 0.1) is 9.36 Å². The number of nitrogens with one attached hydrogen (secondary N) is 1. The zero-order valence-electron chi connectivity index (χ0n) is 15.6. The Kier molecular flexibility index (Phi) is 6.20. The van der Waals surface area contributed by atoms with Gasteiger partial charge in [0.2, 0.25) is 10.0 Å². The molecule has 2 heterocycles. The predicted octanol–water partition coefficient (Wildman–Crippen LogP) is 3.45. The maximum Gasteiger partial charge on any atom is 0.253 e. The van der Waals surface area contributed by atoms with Crippen molar-refractivity contribution < 1.29 is 13.2 Å². The molecule has 1 aromatic heterocycles. The molecular weight excluding hydrogens is 453 g/mol. The number of piperazine rings is 1. The maximum atomic E-state index is 12.9. The third kappa shape index (κ3) is 5.13. The van der Waals surface area contributed by atoms with Gasteiger partial charge in [-0.15, -0.1) is 11.3 Å². The van der Waals surface area contributed by atoms with Crippen LogP contribution in [-0.2, 0) is 16.6 Å². The van der Waals surface area contributed by atoms with Crippen LogP contribution in [0.25, 0.3) is 0 Å². The molecule has 1 amide bonds. The Balaban J connectivity index is 1.41. The van der Waals surface area contributed by atoms with Crippen LogP contribution in [0.1, 0.15) is 28.1 Å². The minimum Gasteiger partial charge on any atom is -0.336 e. The van der Waals surface area contributed by atoms with Crippen molar-refractivity contribution in [3.05, 3.63) is 50.1 Å². The Morgan fingerprint density at radius 1 is 1.10 bits per heavy atom. The van der Waals surface area contributed by atoms with E-state index in [1.807, 2.05) is 12.1 Å². The molecule has 0 atom stereocenters. The molecule has 0 radical (unpaired) electrons. The summed E-state index contributed by atoms with van der Waals surface area (Å²) in [6.45, 7) is 3.49. The number of hydrogen-bond acceptors (Lipinski definition) is 5. The van der Waals surface area contributed by atoms with Crippen LogP contribution in [0.4, 0.5) is 0 Å². The maximum absolute atomic E-state index is 12.9. The fraction of sp³-hybridized carbons (Fsp3) is 0.421. The molecule has 0 unspecified atom stereocenters. The highest BCUT2D eigenvalue weighted by molar-refractivity contribution is 7.89. The first-order valence-electron chi connectivity index (χ1n) is 9.39. The summed E-state index contributed by atoms with van der Waals surface area (Å²) >= 11 is 13.7. The average Bonchev–Trinajstić information content (AvgIpc) is 3.40. The number of benzene rings is 1. The Bertz CT molecular complexity index is 1010. The number of nitrogens with zero attached hydrogens (tertiary/aromatic N) is 2. The fourth-order valence-electron chi connectivity index (χ4n) is 3.28. The number of sulfonamides is 1. The summed E-state index contributed by atoms with van der Waals surface area (Å²) in [5.74, 6) is -0.177. The number of halogens is 2. The lowest BCUT2D eigenvalue weighted by Gasteiger charge is -2.34. The summed E-state index contributed by atoms with van der Waals surface area (Å²) in [6.07, 6.45) is 1.66. The van der Waals surface area contributed by atoms with Crippen molar-refractivity contribution in [1.29, 1.82) is 0 Å². The van der Waals surface area contributed by atoms with Gasteiger partial charge in [0, 0.05) is 49.2 Å². The van der Waals surface area contributed by atoms with Crippen molar-refractivity contribution in [2.24, 2.45) is 0 Å². The third-order valence-electron chi connectivity index (χ3n) is 5.03. The normalized spacial score (nSPS) is 18.2. The Labute approximate surface area is 184 Å². The number of carbonyl (C=O) groups excluding carboxylic acids is 1. The smallest absolute Gasteiger partial charge is 0.253 e. The predicted molar refractivity (Wildman–Crippen MR) is 115 cm³/mol. The summed E-state index contributed by atoms with van der Waals surface area (Å²) in [6, 6.07) is 8.34. The molecule has 156 valence electrons. The topological polar surface area (TPSA) is 69.7 Å².